The fourth-order valence-corrected chi connectivity index (χ4v) is 11.6. The van der Waals surface area contributed by atoms with Crippen molar-refractivity contribution in [3.8, 4) is 0 Å². The Labute approximate surface area is 230 Å². The van der Waals surface area contributed by atoms with Crippen LogP contribution in [0, 0.1) is 65.1 Å². The molecule has 0 aromatic carbocycles. The first-order valence-corrected chi connectivity index (χ1v) is 15.8. The van der Waals surface area contributed by atoms with Crippen molar-refractivity contribution in [1.29, 1.82) is 0 Å². The fraction of sp³-hybridized carbons (Fsp3) is 0.903. The lowest BCUT2D eigenvalue weighted by Gasteiger charge is -2.46. The van der Waals surface area contributed by atoms with Gasteiger partial charge in [0.2, 0.25) is 0 Å². The van der Waals surface area contributed by atoms with E-state index in [0.717, 1.165) is 36.0 Å². The van der Waals surface area contributed by atoms with Crippen LogP contribution in [0.2, 0.25) is 0 Å². The van der Waals surface area contributed by atoms with Gasteiger partial charge >= 0.3 is 17.9 Å². The highest BCUT2D eigenvalue weighted by Gasteiger charge is 2.71. The Kier molecular flexibility index (Phi) is 5.73. The van der Waals surface area contributed by atoms with Crippen LogP contribution in [0.5, 0.6) is 0 Å². The second-order valence-corrected chi connectivity index (χ2v) is 14.4. The Morgan fingerprint density at radius 1 is 0.974 bits per heavy atom. The van der Waals surface area contributed by atoms with Crippen molar-refractivity contribution < 1.29 is 33.3 Å². The van der Waals surface area contributed by atoms with Gasteiger partial charge in [0, 0.05) is 30.8 Å². The lowest BCUT2D eigenvalue weighted by molar-refractivity contribution is -0.182. The summed E-state index contributed by atoms with van der Waals surface area (Å²) in [4.78, 5) is 41.9. The lowest BCUT2D eigenvalue weighted by Crippen LogP contribution is -2.50. The molecule has 8 heteroatoms. The van der Waals surface area contributed by atoms with Gasteiger partial charge in [-0.05, 0) is 87.4 Å². The minimum absolute atomic E-state index is 0.0635. The quantitative estimate of drug-likeness (QED) is 0.276. The molecule has 0 radical (unpaired) electrons. The zero-order chi connectivity index (χ0) is 26.6. The maximum Gasteiger partial charge on any atom is 0.320 e. The van der Waals surface area contributed by atoms with Crippen LogP contribution in [-0.2, 0) is 33.3 Å². The zero-order valence-corrected chi connectivity index (χ0v) is 23.3. The summed E-state index contributed by atoms with van der Waals surface area (Å²) < 4.78 is 23.6. The number of hydrogen-bond donors (Lipinski definition) is 0. The molecule has 14 atom stereocenters. The van der Waals surface area contributed by atoms with Crippen molar-refractivity contribution in [2.45, 2.75) is 76.6 Å². The van der Waals surface area contributed by atoms with Gasteiger partial charge in [0.25, 0.3) is 0 Å². The molecule has 8 aliphatic rings. The predicted molar refractivity (Wildman–Crippen MR) is 138 cm³/mol. The number of nitrogens with zero attached hydrogens (tertiary/aromatic N) is 1. The van der Waals surface area contributed by atoms with Crippen LogP contribution in [0.25, 0.3) is 0 Å². The standard InChI is InChI=1S/C31H43NO7/c1-3-31(2,21-12-17-11-18(21)24-16-5-4-15(10-16)23(17)24)39-30(35)26-20-13-19-25(26)29(34)38-28(19)27(20)37-22(33)14-32-6-8-36-9-7-32/h15-21,23-28H,3-14H2,1-2H3. The highest BCUT2D eigenvalue weighted by molar-refractivity contribution is 5.86. The molecule has 0 aromatic rings. The SMILES string of the molecule is CCC(C)(OC(=O)C1C2CC3C(OC(=O)C31)C2OC(=O)CN1CCOCC1)C1CC2CC1C1C3CCC(C3)C21. The first kappa shape index (κ1) is 25.1. The Hall–Kier alpha value is -1.67. The highest BCUT2D eigenvalue weighted by Crippen LogP contribution is 2.70. The summed E-state index contributed by atoms with van der Waals surface area (Å²) in [7, 11) is 0. The van der Waals surface area contributed by atoms with Crippen molar-refractivity contribution in [3.05, 3.63) is 0 Å². The fourth-order valence-electron chi connectivity index (χ4n) is 11.6. The van der Waals surface area contributed by atoms with E-state index in [1.165, 1.54) is 32.1 Å². The number of carbonyl (C=O) groups is 3. The van der Waals surface area contributed by atoms with E-state index in [1.54, 1.807) is 0 Å². The van der Waals surface area contributed by atoms with Gasteiger partial charge < -0.3 is 18.9 Å². The number of ether oxygens (including phenoxy) is 4. The molecule has 214 valence electrons. The molecule has 0 amide bonds. The van der Waals surface area contributed by atoms with E-state index < -0.39 is 29.6 Å². The third-order valence-corrected chi connectivity index (χ3v) is 13.1. The summed E-state index contributed by atoms with van der Waals surface area (Å²) in [5.41, 5.74) is -0.518. The van der Waals surface area contributed by atoms with E-state index in [2.05, 4.69) is 13.8 Å². The minimum Gasteiger partial charge on any atom is -0.459 e. The van der Waals surface area contributed by atoms with Gasteiger partial charge in [-0.25, -0.2) is 0 Å². The Balaban J connectivity index is 0.981. The van der Waals surface area contributed by atoms with Gasteiger partial charge in [-0.1, -0.05) is 6.92 Å². The zero-order valence-electron chi connectivity index (χ0n) is 23.3. The summed E-state index contributed by atoms with van der Waals surface area (Å²) in [5, 5.41) is 0. The molecule has 6 aliphatic carbocycles. The van der Waals surface area contributed by atoms with E-state index in [4.69, 9.17) is 18.9 Å². The smallest absolute Gasteiger partial charge is 0.320 e. The number of carbonyl (C=O) groups excluding carboxylic acids is 3. The average molecular weight is 542 g/mol. The molecule has 2 heterocycles. The molecule has 6 saturated carbocycles. The van der Waals surface area contributed by atoms with Crippen molar-refractivity contribution in [3.63, 3.8) is 0 Å². The van der Waals surface area contributed by atoms with Crippen molar-refractivity contribution >= 4 is 17.9 Å². The molecule has 8 nitrogen and oxygen atoms in total. The van der Waals surface area contributed by atoms with Crippen LogP contribution in [-0.4, -0.2) is 73.5 Å². The maximum atomic E-state index is 14.0. The van der Waals surface area contributed by atoms with E-state index in [1.807, 2.05) is 4.90 Å². The Morgan fingerprint density at radius 3 is 2.51 bits per heavy atom. The van der Waals surface area contributed by atoms with Gasteiger partial charge in [0.05, 0.1) is 31.6 Å². The number of esters is 3. The van der Waals surface area contributed by atoms with Crippen molar-refractivity contribution in [2.24, 2.45) is 65.1 Å². The monoisotopic (exact) mass is 541 g/mol. The molecule has 6 bridgehead atoms. The summed E-state index contributed by atoms with van der Waals surface area (Å²) in [6.07, 6.45) is 7.23. The summed E-state index contributed by atoms with van der Waals surface area (Å²) >= 11 is 0. The molecule has 39 heavy (non-hydrogen) atoms. The first-order chi connectivity index (χ1) is 18.9. The molecule has 2 saturated heterocycles. The van der Waals surface area contributed by atoms with Crippen molar-refractivity contribution in [1.82, 2.24) is 4.90 Å². The van der Waals surface area contributed by atoms with Crippen molar-refractivity contribution in [2.75, 3.05) is 32.8 Å². The molecule has 14 unspecified atom stereocenters. The van der Waals surface area contributed by atoms with Gasteiger partial charge in [-0.2, -0.15) is 0 Å². The number of hydrogen-bond acceptors (Lipinski definition) is 8. The molecule has 8 rings (SSSR count). The van der Waals surface area contributed by atoms with E-state index in [9.17, 15) is 14.4 Å². The van der Waals surface area contributed by atoms with E-state index in [0.29, 0.717) is 44.6 Å². The second kappa shape index (κ2) is 8.91. The largest absolute Gasteiger partial charge is 0.459 e. The van der Waals surface area contributed by atoms with Gasteiger partial charge in [-0.15, -0.1) is 0 Å². The topological polar surface area (TPSA) is 91.4 Å². The number of morpholine rings is 1. The summed E-state index contributed by atoms with van der Waals surface area (Å²) in [6.45, 7) is 7.11. The maximum absolute atomic E-state index is 14.0. The third kappa shape index (κ3) is 3.58. The first-order valence-electron chi connectivity index (χ1n) is 15.8. The summed E-state index contributed by atoms with van der Waals surface area (Å²) in [5.74, 6) is 3.24. The average Bonchev–Trinajstić information content (AvgIpc) is 3.76. The third-order valence-electron chi connectivity index (χ3n) is 13.1. The molecule has 8 fully saturated rings. The number of rotatable bonds is 7. The highest BCUT2D eigenvalue weighted by atomic mass is 16.6. The molecule has 2 aliphatic heterocycles. The number of fused-ring (bicyclic) bond motifs is 10. The Morgan fingerprint density at radius 2 is 1.74 bits per heavy atom. The van der Waals surface area contributed by atoms with Crippen LogP contribution in [0.3, 0.4) is 0 Å². The molecule has 0 N–H and O–H groups in total. The Bertz CT molecular complexity index is 1060. The van der Waals surface area contributed by atoms with Gasteiger partial charge in [-0.3, -0.25) is 19.3 Å². The second-order valence-electron chi connectivity index (χ2n) is 14.4. The summed E-state index contributed by atoms with van der Waals surface area (Å²) in [6, 6.07) is 0. The minimum atomic E-state index is -0.581. The molecule has 0 spiro atoms. The van der Waals surface area contributed by atoms with Crippen LogP contribution in [0.1, 0.15) is 58.8 Å². The van der Waals surface area contributed by atoms with Crippen LogP contribution >= 0.6 is 0 Å². The molecular formula is C31H43NO7. The molecular weight excluding hydrogens is 498 g/mol. The predicted octanol–water partition coefficient (Wildman–Crippen LogP) is 3.07. The lowest BCUT2D eigenvalue weighted by atomic mass is 9.63. The van der Waals surface area contributed by atoms with Crippen LogP contribution in [0.15, 0.2) is 0 Å². The van der Waals surface area contributed by atoms with Gasteiger partial charge in [0.15, 0.2) is 0 Å². The molecule has 0 aromatic heterocycles. The van der Waals surface area contributed by atoms with Crippen LogP contribution in [0.4, 0.5) is 0 Å². The van der Waals surface area contributed by atoms with E-state index in [-0.39, 0.29) is 36.3 Å². The van der Waals surface area contributed by atoms with Gasteiger partial charge in [0.1, 0.15) is 17.8 Å². The normalized spacial score (nSPS) is 50.2. The van der Waals surface area contributed by atoms with E-state index >= 15 is 0 Å². The van der Waals surface area contributed by atoms with Crippen LogP contribution < -0.4 is 0 Å².